The van der Waals surface area contributed by atoms with Crippen LogP contribution in [0.1, 0.15) is 6.42 Å². The summed E-state index contributed by atoms with van der Waals surface area (Å²) in [4.78, 5) is 22.7. The fourth-order valence-corrected chi connectivity index (χ4v) is 1.82. The summed E-state index contributed by atoms with van der Waals surface area (Å²) in [5.74, 6) is -1.70. The molecule has 0 aliphatic heterocycles. The number of rotatable bonds is 7. The number of carboxylic acid groups (broad SMARTS) is 1. The molecule has 1 amide bonds. The van der Waals surface area contributed by atoms with Gasteiger partial charge >= 0.3 is 5.97 Å². The zero-order valence-corrected chi connectivity index (χ0v) is 11.9. The van der Waals surface area contributed by atoms with E-state index in [1.54, 1.807) is 18.2 Å². The van der Waals surface area contributed by atoms with Crippen LogP contribution >= 0.6 is 23.2 Å². The first-order valence-electron chi connectivity index (χ1n) is 5.76. The quantitative estimate of drug-likeness (QED) is 0.608. The van der Waals surface area contributed by atoms with E-state index < -0.39 is 17.9 Å². The molecule has 1 atom stereocenters. The van der Waals surface area contributed by atoms with Crippen molar-refractivity contribution in [3.05, 3.63) is 28.2 Å². The fourth-order valence-electron chi connectivity index (χ4n) is 1.47. The fraction of sp³-hybridized carbons (Fsp3) is 0.333. The second-order valence-electron chi connectivity index (χ2n) is 3.92. The van der Waals surface area contributed by atoms with E-state index in [1.807, 2.05) is 0 Å². The summed E-state index contributed by atoms with van der Waals surface area (Å²) in [7, 11) is 0. The Hall–Kier alpha value is -1.34. The van der Waals surface area contributed by atoms with Crippen LogP contribution in [0.2, 0.25) is 10.0 Å². The molecule has 20 heavy (non-hydrogen) atoms. The van der Waals surface area contributed by atoms with E-state index in [9.17, 15) is 9.59 Å². The summed E-state index contributed by atoms with van der Waals surface area (Å²) in [5.41, 5.74) is 0.315. The Balaban J connectivity index is 2.66. The zero-order chi connectivity index (χ0) is 15.1. The Morgan fingerprint density at radius 3 is 2.60 bits per heavy atom. The molecule has 0 aliphatic carbocycles. The van der Waals surface area contributed by atoms with Gasteiger partial charge < -0.3 is 20.8 Å². The van der Waals surface area contributed by atoms with Crippen molar-refractivity contribution in [2.24, 2.45) is 0 Å². The highest BCUT2D eigenvalue weighted by Gasteiger charge is 2.21. The van der Waals surface area contributed by atoms with Crippen LogP contribution < -0.4 is 10.6 Å². The monoisotopic (exact) mass is 320 g/mol. The third-order valence-electron chi connectivity index (χ3n) is 2.42. The maximum Gasteiger partial charge on any atom is 0.321 e. The molecule has 110 valence electrons. The number of aliphatic carboxylic acids is 1. The van der Waals surface area contributed by atoms with Gasteiger partial charge in [-0.05, 0) is 12.1 Å². The topological polar surface area (TPSA) is 98.7 Å². The van der Waals surface area contributed by atoms with E-state index in [2.05, 4.69) is 10.6 Å². The molecule has 8 heteroatoms. The smallest absolute Gasteiger partial charge is 0.321 e. The molecule has 0 spiro atoms. The van der Waals surface area contributed by atoms with Gasteiger partial charge in [0.15, 0.2) is 0 Å². The molecule has 0 fully saturated rings. The number of anilines is 1. The van der Waals surface area contributed by atoms with Crippen LogP contribution in [0.5, 0.6) is 0 Å². The highest BCUT2D eigenvalue weighted by molar-refractivity contribution is 6.43. The minimum atomic E-state index is -1.18. The summed E-state index contributed by atoms with van der Waals surface area (Å²) in [6.45, 7) is -0.131. The zero-order valence-electron chi connectivity index (χ0n) is 10.4. The maximum atomic E-state index is 11.8. The number of carboxylic acids is 1. The predicted octanol–water partition coefficient (Wildman–Crippen LogP) is 1.36. The lowest BCUT2D eigenvalue weighted by Gasteiger charge is -2.14. The van der Waals surface area contributed by atoms with Gasteiger partial charge in [-0.2, -0.15) is 0 Å². The van der Waals surface area contributed by atoms with Crippen LogP contribution in [0.4, 0.5) is 5.69 Å². The summed E-state index contributed by atoms with van der Waals surface area (Å²) in [6, 6.07) is 3.66. The predicted molar refractivity (Wildman–Crippen MR) is 76.2 cm³/mol. The van der Waals surface area contributed by atoms with Crippen molar-refractivity contribution in [2.45, 2.75) is 12.5 Å². The minimum absolute atomic E-state index is 0.0855. The first kappa shape index (κ1) is 16.7. The molecule has 0 saturated carbocycles. The molecule has 1 rings (SSSR count). The minimum Gasteiger partial charge on any atom is -0.480 e. The third kappa shape index (κ3) is 4.97. The van der Waals surface area contributed by atoms with E-state index in [-0.39, 0.29) is 29.6 Å². The molecule has 1 aromatic carbocycles. The summed E-state index contributed by atoms with van der Waals surface area (Å²) in [5, 5.41) is 23.1. The number of carbonyl (C=O) groups is 2. The molecule has 6 nitrogen and oxygen atoms in total. The number of aliphatic hydroxyl groups excluding tert-OH is 1. The number of nitrogens with one attached hydrogen (secondary N) is 2. The molecule has 1 aromatic rings. The van der Waals surface area contributed by atoms with E-state index in [0.29, 0.717) is 5.69 Å². The van der Waals surface area contributed by atoms with Gasteiger partial charge in [-0.15, -0.1) is 0 Å². The van der Waals surface area contributed by atoms with Crippen LogP contribution in [0.25, 0.3) is 0 Å². The highest BCUT2D eigenvalue weighted by atomic mass is 35.5. The summed E-state index contributed by atoms with van der Waals surface area (Å²) in [6.07, 6.45) is -0.293. The van der Waals surface area contributed by atoms with Crippen molar-refractivity contribution in [3.63, 3.8) is 0 Å². The van der Waals surface area contributed by atoms with Crippen molar-refractivity contribution in [3.8, 4) is 0 Å². The van der Waals surface area contributed by atoms with Gasteiger partial charge in [0.2, 0.25) is 5.91 Å². The highest BCUT2D eigenvalue weighted by Crippen LogP contribution is 2.29. The number of benzene rings is 1. The molecule has 0 aromatic heterocycles. The van der Waals surface area contributed by atoms with Crippen LogP contribution in [0, 0.1) is 0 Å². The normalized spacial score (nSPS) is 11.9. The molecule has 0 aliphatic rings. The Bertz CT molecular complexity index is 496. The Kier molecular flexibility index (Phi) is 6.74. The van der Waals surface area contributed by atoms with Crippen LogP contribution in [0.15, 0.2) is 18.2 Å². The Morgan fingerprint density at radius 2 is 2.00 bits per heavy atom. The number of amides is 1. The average molecular weight is 321 g/mol. The maximum absolute atomic E-state index is 11.8. The lowest BCUT2D eigenvalue weighted by molar-refractivity contribution is -0.141. The lowest BCUT2D eigenvalue weighted by Crippen LogP contribution is -2.41. The van der Waals surface area contributed by atoms with Crippen molar-refractivity contribution in [1.29, 1.82) is 0 Å². The van der Waals surface area contributed by atoms with Gasteiger partial charge in [0.25, 0.3) is 0 Å². The molecular formula is C12H14Cl2N2O4. The Labute approximate surface area is 125 Å². The first-order valence-corrected chi connectivity index (χ1v) is 6.52. The van der Waals surface area contributed by atoms with Crippen LogP contribution in [0.3, 0.4) is 0 Å². The number of hydrogen-bond acceptors (Lipinski definition) is 4. The first-order chi connectivity index (χ1) is 9.45. The number of halogens is 2. The van der Waals surface area contributed by atoms with Crippen molar-refractivity contribution < 1.29 is 19.8 Å². The second kappa shape index (κ2) is 8.06. The molecule has 0 heterocycles. The van der Waals surface area contributed by atoms with Crippen molar-refractivity contribution >= 4 is 40.8 Å². The molecule has 1 unspecified atom stereocenters. The molecule has 0 radical (unpaired) electrons. The van der Waals surface area contributed by atoms with E-state index >= 15 is 0 Å². The standard InChI is InChI=1S/C12H14Cl2N2O4/c13-7-2-1-3-8(11(7)14)16-10(18)6-9(12(19)20)15-4-5-17/h1-3,9,15,17H,4-6H2,(H,16,18)(H,19,20). The van der Waals surface area contributed by atoms with Gasteiger partial charge in [0.1, 0.15) is 6.04 Å². The third-order valence-corrected chi connectivity index (χ3v) is 3.23. The summed E-state index contributed by atoms with van der Waals surface area (Å²) < 4.78 is 0. The second-order valence-corrected chi connectivity index (χ2v) is 4.71. The summed E-state index contributed by atoms with van der Waals surface area (Å²) >= 11 is 11.7. The number of carbonyl (C=O) groups excluding carboxylic acids is 1. The number of aliphatic hydroxyl groups is 1. The largest absolute Gasteiger partial charge is 0.480 e. The van der Waals surface area contributed by atoms with Crippen molar-refractivity contribution in [2.75, 3.05) is 18.5 Å². The Morgan fingerprint density at radius 1 is 1.30 bits per heavy atom. The van der Waals surface area contributed by atoms with Gasteiger partial charge in [0.05, 0.1) is 28.8 Å². The lowest BCUT2D eigenvalue weighted by atomic mass is 10.2. The molecule has 0 bridgehead atoms. The molecule has 0 saturated heterocycles. The van der Waals surface area contributed by atoms with Crippen LogP contribution in [-0.4, -0.2) is 41.3 Å². The molecule has 4 N–H and O–H groups in total. The van der Waals surface area contributed by atoms with Gasteiger partial charge in [0, 0.05) is 6.54 Å². The SMILES string of the molecule is O=C(CC(NCCO)C(=O)O)Nc1cccc(Cl)c1Cl. The number of hydrogen-bond donors (Lipinski definition) is 4. The van der Waals surface area contributed by atoms with E-state index in [0.717, 1.165) is 0 Å². The van der Waals surface area contributed by atoms with Gasteiger partial charge in [-0.3, -0.25) is 9.59 Å². The van der Waals surface area contributed by atoms with Gasteiger partial charge in [-0.25, -0.2) is 0 Å². The van der Waals surface area contributed by atoms with Crippen LogP contribution in [-0.2, 0) is 9.59 Å². The van der Waals surface area contributed by atoms with Gasteiger partial charge in [-0.1, -0.05) is 29.3 Å². The average Bonchev–Trinajstić information content (AvgIpc) is 2.39. The van der Waals surface area contributed by atoms with E-state index in [4.69, 9.17) is 33.4 Å². The van der Waals surface area contributed by atoms with E-state index in [1.165, 1.54) is 0 Å². The van der Waals surface area contributed by atoms with Crippen molar-refractivity contribution in [1.82, 2.24) is 5.32 Å². The molecular weight excluding hydrogens is 307 g/mol.